The Balaban J connectivity index is 1.79. The average molecular weight is 296 g/mol. The molecule has 0 spiro atoms. The van der Waals surface area contributed by atoms with Gasteiger partial charge >= 0.3 is 0 Å². The number of fused-ring (bicyclic) bond motifs is 2. The molecule has 1 fully saturated rings. The van der Waals surface area contributed by atoms with E-state index in [0.717, 1.165) is 25.7 Å². The third-order valence-electron chi connectivity index (χ3n) is 5.04. The van der Waals surface area contributed by atoms with E-state index in [1.54, 1.807) is 6.08 Å². The molecular formula is C17H19F3O. The van der Waals surface area contributed by atoms with Crippen molar-refractivity contribution in [2.45, 2.75) is 51.7 Å². The summed E-state index contributed by atoms with van der Waals surface area (Å²) >= 11 is 0. The molecule has 1 aromatic rings. The second kappa shape index (κ2) is 4.87. The van der Waals surface area contributed by atoms with Crippen LogP contribution >= 0.6 is 0 Å². The first-order valence-corrected chi connectivity index (χ1v) is 7.32. The van der Waals surface area contributed by atoms with Gasteiger partial charge in [-0.15, -0.1) is 0 Å². The van der Waals surface area contributed by atoms with Crippen LogP contribution in [0.25, 0.3) is 0 Å². The van der Waals surface area contributed by atoms with Crippen molar-refractivity contribution in [3.05, 3.63) is 46.8 Å². The molecule has 0 unspecified atom stereocenters. The van der Waals surface area contributed by atoms with Gasteiger partial charge in [0.2, 0.25) is 0 Å². The maximum Gasteiger partial charge on any atom is 0.164 e. The van der Waals surface area contributed by atoms with Gasteiger partial charge in [-0.3, -0.25) is 0 Å². The maximum atomic E-state index is 14.1. The predicted molar refractivity (Wildman–Crippen MR) is 74.4 cm³/mol. The monoisotopic (exact) mass is 296 g/mol. The van der Waals surface area contributed by atoms with E-state index in [1.807, 2.05) is 6.92 Å². The number of rotatable bonds is 3. The van der Waals surface area contributed by atoms with Crippen molar-refractivity contribution in [3.8, 4) is 0 Å². The number of aryl methyl sites for hydroxylation is 1. The van der Waals surface area contributed by atoms with Crippen molar-refractivity contribution < 1.29 is 17.9 Å². The summed E-state index contributed by atoms with van der Waals surface area (Å²) in [6.45, 7) is 3.41. The Kier molecular flexibility index (Phi) is 3.40. The van der Waals surface area contributed by atoms with Crippen molar-refractivity contribution in [3.63, 3.8) is 0 Å². The van der Waals surface area contributed by atoms with E-state index < -0.39 is 17.2 Å². The first-order chi connectivity index (χ1) is 9.85. The van der Waals surface area contributed by atoms with Crippen molar-refractivity contribution in [2.24, 2.45) is 5.41 Å². The fraction of sp³-hybridized carbons (Fsp3) is 0.529. The van der Waals surface area contributed by atoms with Gasteiger partial charge in [-0.25, -0.2) is 13.2 Å². The van der Waals surface area contributed by atoms with E-state index in [9.17, 15) is 13.2 Å². The molecule has 21 heavy (non-hydrogen) atoms. The molecular weight excluding hydrogens is 277 g/mol. The third-order valence-corrected chi connectivity index (χ3v) is 5.04. The molecule has 0 amide bonds. The molecule has 0 radical (unpaired) electrons. The van der Waals surface area contributed by atoms with Crippen LogP contribution in [0.4, 0.5) is 13.2 Å². The third kappa shape index (κ3) is 2.39. The summed E-state index contributed by atoms with van der Waals surface area (Å²) in [7, 11) is 0. The van der Waals surface area contributed by atoms with Gasteiger partial charge in [-0.05, 0) is 44.2 Å². The second-order valence-electron chi connectivity index (χ2n) is 6.58. The summed E-state index contributed by atoms with van der Waals surface area (Å²) in [4.78, 5) is 0. The smallest absolute Gasteiger partial charge is 0.164 e. The summed E-state index contributed by atoms with van der Waals surface area (Å²) in [6.07, 6.45) is 4.47. The zero-order valence-corrected chi connectivity index (χ0v) is 12.3. The van der Waals surface area contributed by atoms with Crippen LogP contribution in [0.1, 0.15) is 43.7 Å². The standard InChI is InChI=1S/C17H19F3O/c1-11-3-4-12(15(20)14(11)19)10-21-17-7-5-16(2,6-8-17)13(18)9-17/h3-4,9H,5-8,10H2,1-2H3. The van der Waals surface area contributed by atoms with Gasteiger partial charge < -0.3 is 4.74 Å². The summed E-state index contributed by atoms with van der Waals surface area (Å²) in [5.74, 6) is -1.84. The highest BCUT2D eigenvalue weighted by molar-refractivity contribution is 5.26. The van der Waals surface area contributed by atoms with Gasteiger partial charge in [-0.2, -0.15) is 0 Å². The number of benzene rings is 1. The van der Waals surface area contributed by atoms with Crippen LogP contribution in [0, 0.1) is 24.0 Å². The summed E-state index contributed by atoms with van der Waals surface area (Å²) in [6, 6.07) is 3.06. The van der Waals surface area contributed by atoms with Gasteiger partial charge in [0.25, 0.3) is 0 Å². The molecule has 3 aliphatic rings. The fourth-order valence-electron chi connectivity index (χ4n) is 3.22. The minimum absolute atomic E-state index is 0.0382. The minimum atomic E-state index is -0.868. The van der Waals surface area contributed by atoms with E-state index in [0.29, 0.717) is 0 Å². The Morgan fingerprint density at radius 1 is 1.05 bits per heavy atom. The van der Waals surface area contributed by atoms with Crippen molar-refractivity contribution in [1.29, 1.82) is 0 Å². The molecule has 3 aliphatic carbocycles. The first kappa shape index (κ1) is 14.6. The van der Waals surface area contributed by atoms with Crippen molar-refractivity contribution in [2.75, 3.05) is 0 Å². The summed E-state index contributed by atoms with van der Waals surface area (Å²) in [5.41, 5.74) is -0.561. The molecule has 4 heteroatoms. The molecule has 0 saturated heterocycles. The fourth-order valence-corrected chi connectivity index (χ4v) is 3.22. The average Bonchev–Trinajstić information content (AvgIpc) is 2.46. The number of hydrogen-bond acceptors (Lipinski definition) is 1. The molecule has 0 heterocycles. The zero-order chi connectivity index (χ0) is 15.3. The lowest BCUT2D eigenvalue weighted by molar-refractivity contribution is -0.0795. The molecule has 0 aromatic heterocycles. The first-order valence-electron chi connectivity index (χ1n) is 7.32. The Morgan fingerprint density at radius 2 is 1.71 bits per heavy atom. The number of allylic oxidation sites excluding steroid dienone is 1. The summed E-state index contributed by atoms with van der Waals surface area (Å²) in [5, 5.41) is 0. The van der Waals surface area contributed by atoms with Crippen LogP contribution in [0.2, 0.25) is 0 Å². The normalized spacial score (nSPS) is 31.4. The molecule has 0 atom stereocenters. The zero-order valence-electron chi connectivity index (χ0n) is 12.3. The molecule has 114 valence electrons. The van der Waals surface area contributed by atoms with Gasteiger partial charge in [0.15, 0.2) is 11.6 Å². The van der Waals surface area contributed by atoms with Crippen molar-refractivity contribution in [1.82, 2.24) is 0 Å². The molecule has 2 bridgehead atoms. The number of halogens is 3. The van der Waals surface area contributed by atoms with Crippen LogP contribution in [0.15, 0.2) is 24.0 Å². The number of ether oxygens (including phenoxy) is 1. The number of hydrogen-bond donors (Lipinski definition) is 0. The molecule has 1 aromatic carbocycles. The summed E-state index contributed by atoms with van der Waals surface area (Å²) < 4.78 is 47.3. The molecule has 0 aliphatic heterocycles. The highest BCUT2D eigenvalue weighted by atomic mass is 19.2. The Hall–Kier alpha value is -1.29. The lowest BCUT2D eigenvalue weighted by atomic mass is 9.63. The molecule has 4 rings (SSSR count). The molecule has 1 saturated carbocycles. The predicted octanol–water partition coefficient (Wildman–Crippen LogP) is 4.98. The topological polar surface area (TPSA) is 9.23 Å². The van der Waals surface area contributed by atoms with Gasteiger partial charge in [-0.1, -0.05) is 19.1 Å². The van der Waals surface area contributed by atoms with E-state index in [2.05, 4.69) is 0 Å². The van der Waals surface area contributed by atoms with Gasteiger partial charge in [0, 0.05) is 11.0 Å². The SMILES string of the molecule is Cc1ccc(COC23C=C(F)C(C)(CC2)CC3)c(F)c1F. The van der Waals surface area contributed by atoms with E-state index in [-0.39, 0.29) is 29.0 Å². The Labute approximate surface area is 122 Å². The quantitative estimate of drug-likeness (QED) is 0.764. The van der Waals surface area contributed by atoms with E-state index >= 15 is 0 Å². The Bertz CT molecular complexity index is 598. The van der Waals surface area contributed by atoms with Crippen molar-refractivity contribution >= 4 is 0 Å². The lowest BCUT2D eigenvalue weighted by Crippen LogP contribution is -2.44. The highest BCUT2D eigenvalue weighted by Crippen LogP contribution is 2.53. The van der Waals surface area contributed by atoms with Crippen LogP contribution in [0.5, 0.6) is 0 Å². The largest absolute Gasteiger partial charge is 0.366 e. The molecule has 1 nitrogen and oxygen atoms in total. The van der Waals surface area contributed by atoms with Crippen LogP contribution in [-0.4, -0.2) is 5.60 Å². The van der Waals surface area contributed by atoms with Gasteiger partial charge in [0.1, 0.15) is 5.83 Å². The van der Waals surface area contributed by atoms with E-state index in [1.165, 1.54) is 19.1 Å². The lowest BCUT2D eigenvalue weighted by Gasteiger charge is -2.48. The second-order valence-corrected chi connectivity index (χ2v) is 6.58. The van der Waals surface area contributed by atoms with Crippen LogP contribution < -0.4 is 0 Å². The molecule has 0 N–H and O–H groups in total. The van der Waals surface area contributed by atoms with Gasteiger partial charge in [0.05, 0.1) is 12.2 Å². The Morgan fingerprint density at radius 3 is 2.33 bits per heavy atom. The minimum Gasteiger partial charge on any atom is -0.366 e. The van der Waals surface area contributed by atoms with Crippen LogP contribution in [0.3, 0.4) is 0 Å². The van der Waals surface area contributed by atoms with Crippen LogP contribution in [-0.2, 0) is 11.3 Å². The maximum absolute atomic E-state index is 14.1. The highest BCUT2D eigenvalue weighted by Gasteiger charge is 2.48. The van der Waals surface area contributed by atoms with E-state index in [4.69, 9.17) is 4.74 Å².